The van der Waals surface area contributed by atoms with E-state index in [1.165, 1.54) is 22.3 Å². The van der Waals surface area contributed by atoms with Crippen LogP contribution < -0.4 is 0 Å². The van der Waals surface area contributed by atoms with E-state index in [-0.39, 0.29) is 22.0 Å². The van der Waals surface area contributed by atoms with Crippen molar-refractivity contribution in [2.24, 2.45) is 0 Å². The second-order valence-corrected chi connectivity index (χ2v) is 20.9. The summed E-state index contributed by atoms with van der Waals surface area (Å²) >= 11 is 0. The number of phenols is 1. The van der Waals surface area contributed by atoms with Crippen LogP contribution in [0.4, 0.5) is 0 Å². The van der Waals surface area contributed by atoms with Crippen LogP contribution in [0.3, 0.4) is 0 Å². The fraction of sp³-hybridized carbons (Fsp3) is 0.169. The van der Waals surface area contributed by atoms with Crippen molar-refractivity contribution in [1.82, 2.24) is 14.5 Å². The van der Waals surface area contributed by atoms with Gasteiger partial charge >= 0.3 is 0 Å². The van der Waals surface area contributed by atoms with Gasteiger partial charge in [-0.15, -0.1) is 0 Å². The van der Waals surface area contributed by atoms with E-state index in [1.54, 1.807) is 0 Å². The molecular weight excluding hydrogens is 839 g/mol. The van der Waals surface area contributed by atoms with Crippen LogP contribution in [0.15, 0.2) is 206 Å². The number of nitrogens with zero attached hydrogens (tertiary/aromatic N) is 3. The summed E-state index contributed by atoms with van der Waals surface area (Å²) < 4.78 is 2.25. The molecule has 0 unspecified atom stereocenters. The molecule has 0 aliphatic heterocycles. The lowest BCUT2D eigenvalue weighted by molar-refractivity contribution is 0.479. The zero-order chi connectivity index (χ0) is 48.1. The molecule has 10 rings (SSSR count). The molecule has 0 saturated heterocycles. The van der Waals surface area contributed by atoms with Crippen molar-refractivity contribution in [3.05, 3.63) is 229 Å². The van der Waals surface area contributed by atoms with Gasteiger partial charge in [0, 0.05) is 33.9 Å². The molecule has 4 nitrogen and oxygen atoms in total. The number of phenolic OH excluding ortho intramolecular Hbond substituents is 1. The highest BCUT2D eigenvalue weighted by molar-refractivity contribution is 5.98. The first kappa shape index (κ1) is 45.0. The summed E-state index contributed by atoms with van der Waals surface area (Å²) in [6.07, 6.45) is 1.93. The van der Waals surface area contributed by atoms with Gasteiger partial charge < -0.3 is 5.11 Å². The predicted octanol–water partition coefficient (Wildman–Crippen LogP) is 17.0. The molecule has 4 heteroatoms. The summed E-state index contributed by atoms with van der Waals surface area (Å²) in [5, 5.41) is 12.3. The largest absolute Gasteiger partial charge is 0.507 e. The minimum absolute atomic E-state index is 0.0775. The number of aromatic hydroxyl groups is 1. The normalized spacial score (nSPS) is 12.1. The van der Waals surface area contributed by atoms with Crippen molar-refractivity contribution < 1.29 is 5.11 Å². The molecule has 10 aromatic rings. The minimum Gasteiger partial charge on any atom is -0.507 e. The Labute approximate surface area is 407 Å². The van der Waals surface area contributed by atoms with Crippen molar-refractivity contribution in [1.29, 1.82) is 0 Å². The standard InChI is InChI=1S/C65H59N3O/c1-63(2,3)51-34-35-58(56(42-51)45-22-14-10-15-23-45)68-59-29-19-26-53(60(59)67-62(68)55-28-18-27-54(61(55)69)44-20-12-9-13-21-44)47-38-48(40-52(39-47)64(4,5)6)57-41-46(36-37-66-57)43-30-32-50(33-31-43)65(7,8)49-24-16-11-17-25-49/h9-42,69H,1-8H3. The van der Waals surface area contributed by atoms with E-state index >= 15 is 0 Å². The van der Waals surface area contributed by atoms with Gasteiger partial charge in [0.1, 0.15) is 11.6 Å². The number of rotatable bonds is 9. The van der Waals surface area contributed by atoms with Crippen LogP contribution in [0.2, 0.25) is 0 Å². The highest BCUT2D eigenvalue weighted by atomic mass is 16.3. The van der Waals surface area contributed by atoms with Gasteiger partial charge in [0.2, 0.25) is 0 Å². The summed E-state index contributed by atoms with van der Waals surface area (Å²) in [5.74, 6) is 0.847. The van der Waals surface area contributed by atoms with E-state index in [0.29, 0.717) is 11.4 Å². The molecular formula is C65H59N3O. The second kappa shape index (κ2) is 17.7. The van der Waals surface area contributed by atoms with Gasteiger partial charge in [0.15, 0.2) is 0 Å². The van der Waals surface area contributed by atoms with Crippen LogP contribution in [0.25, 0.3) is 83.9 Å². The molecule has 0 aliphatic rings. The lowest BCUT2D eigenvalue weighted by atomic mass is 9.78. The Morgan fingerprint density at radius 2 is 0.957 bits per heavy atom. The molecule has 340 valence electrons. The first-order valence-corrected chi connectivity index (χ1v) is 24.0. The predicted molar refractivity (Wildman–Crippen MR) is 289 cm³/mol. The van der Waals surface area contributed by atoms with Gasteiger partial charge in [-0.25, -0.2) is 4.98 Å². The molecule has 0 aliphatic carbocycles. The molecule has 2 aromatic heterocycles. The smallest absolute Gasteiger partial charge is 0.149 e. The summed E-state index contributed by atoms with van der Waals surface area (Å²) in [6, 6.07) is 70.8. The summed E-state index contributed by atoms with van der Waals surface area (Å²) in [5.41, 5.74) is 18.2. The van der Waals surface area contributed by atoms with Crippen molar-refractivity contribution >= 4 is 11.0 Å². The number of benzene rings is 8. The van der Waals surface area contributed by atoms with Gasteiger partial charge in [-0.05, 0) is 109 Å². The maximum absolute atomic E-state index is 12.3. The summed E-state index contributed by atoms with van der Waals surface area (Å²) in [6.45, 7) is 18.1. The Balaban J connectivity index is 1.16. The van der Waals surface area contributed by atoms with Crippen molar-refractivity contribution in [2.45, 2.75) is 71.6 Å². The van der Waals surface area contributed by atoms with Gasteiger partial charge in [-0.1, -0.05) is 207 Å². The van der Waals surface area contributed by atoms with Crippen LogP contribution in [-0.4, -0.2) is 19.6 Å². The molecule has 0 fully saturated rings. The Morgan fingerprint density at radius 3 is 1.62 bits per heavy atom. The number of pyridine rings is 1. The van der Waals surface area contributed by atoms with Crippen molar-refractivity contribution in [2.75, 3.05) is 0 Å². The van der Waals surface area contributed by atoms with Crippen molar-refractivity contribution in [3.63, 3.8) is 0 Å². The topological polar surface area (TPSA) is 50.9 Å². The molecule has 0 amide bonds. The van der Waals surface area contributed by atoms with E-state index < -0.39 is 0 Å². The van der Waals surface area contributed by atoms with Crippen LogP contribution in [0.1, 0.15) is 77.6 Å². The Hall–Kier alpha value is -7.82. The fourth-order valence-corrected chi connectivity index (χ4v) is 9.61. The Bertz CT molecular complexity index is 3460. The molecule has 69 heavy (non-hydrogen) atoms. The second-order valence-electron chi connectivity index (χ2n) is 20.9. The third-order valence-electron chi connectivity index (χ3n) is 13.8. The highest BCUT2D eigenvalue weighted by Gasteiger charge is 2.27. The Kier molecular flexibility index (Phi) is 11.5. The molecule has 0 saturated carbocycles. The zero-order valence-electron chi connectivity index (χ0n) is 40.9. The van der Waals surface area contributed by atoms with Crippen LogP contribution in [0, 0.1) is 0 Å². The fourth-order valence-electron chi connectivity index (χ4n) is 9.61. The van der Waals surface area contributed by atoms with Crippen molar-refractivity contribution in [3.8, 4) is 78.6 Å². The van der Waals surface area contributed by atoms with Crippen LogP contribution in [0.5, 0.6) is 5.75 Å². The molecule has 0 radical (unpaired) electrons. The lowest BCUT2D eigenvalue weighted by Gasteiger charge is -2.26. The zero-order valence-corrected chi connectivity index (χ0v) is 40.9. The molecule has 1 N–H and O–H groups in total. The van der Waals surface area contributed by atoms with Crippen LogP contribution >= 0.6 is 0 Å². The molecule has 8 aromatic carbocycles. The number of hydrogen-bond acceptors (Lipinski definition) is 3. The summed E-state index contributed by atoms with van der Waals surface area (Å²) in [7, 11) is 0. The van der Waals surface area contributed by atoms with Crippen LogP contribution in [-0.2, 0) is 16.2 Å². The van der Waals surface area contributed by atoms with Gasteiger partial charge in [-0.2, -0.15) is 0 Å². The minimum atomic E-state index is -0.161. The van der Waals surface area contributed by atoms with Gasteiger partial charge in [-0.3, -0.25) is 9.55 Å². The number of aromatic nitrogens is 3. The highest BCUT2D eigenvalue weighted by Crippen LogP contribution is 2.45. The number of para-hydroxylation sites is 2. The van der Waals surface area contributed by atoms with Gasteiger partial charge in [0.05, 0.1) is 28.0 Å². The maximum Gasteiger partial charge on any atom is 0.149 e. The average molecular weight is 898 g/mol. The number of imidazole rings is 1. The maximum atomic E-state index is 12.3. The third kappa shape index (κ3) is 8.68. The molecule has 2 heterocycles. The van der Waals surface area contributed by atoms with E-state index in [2.05, 4.69) is 212 Å². The quantitative estimate of drug-likeness (QED) is 0.157. The summed E-state index contributed by atoms with van der Waals surface area (Å²) in [4.78, 5) is 10.6. The molecule has 0 atom stereocenters. The number of hydrogen-bond donors (Lipinski definition) is 1. The lowest BCUT2D eigenvalue weighted by Crippen LogP contribution is -2.18. The third-order valence-corrected chi connectivity index (χ3v) is 13.8. The molecule has 0 spiro atoms. The first-order chi connectivity index (χ1) is 33.1. The van der Waals surface area contributed by atoms with E-state index in [9.17, 15) is 5.11 Å². The first-order valence-electron chi connectivity index (χ1n) is 24.0. The van der Waals surface area contributed by atoms with E-state index in [0.717, 1.165) is 72.5 Å². The number of fused-ring (bicyclic) bond motifs is 1. The molecule has 0 bridgehead atoms. The SMILES string of the molecule is CC(C)(C)c1cc(-c2cc(-c3ccc(C(C)(C)c4ccccc4)cc3)ccn2)cc(-c2cccc3c2nc(-c2cccc(-c4ccccc4)c2O)n3-c2ccc(C(C)(C)C)cc2-c2ccccc2)c1. The van der Waals surface area contributed by atoms with E-state index in [4.69, 9.17) is 9.97 Å². The average Bonchev–Trinajstić information content (AvgIpc) is 3.76. The van der Waals surface area contributed by atoms with Gasteiger partial charge in [0.25, 0.3) is 0 Å². The Morgan fingerprint density at radius 1 is 0.391 bits per heavy atom. The van der Waals surface area contributed by atoms with E-state index in [1.807, 2.05) is 54.7 Å². The monoisotopic (exact) mass is 897 g/mol.